The van der Waals surface area contributed by atoms with Gasteiger partial charge < -0.3 is 11.1 Å². The van der Waals surface area contributed by atoms with E-state index in [1.807, 2.05) is 19.9 Å². The van der Waals surface area contributed by atoms with Gasteiger partial charge in [0, 0.05) is 0 Å². The largest absolute Gasteiger partial charge is 0.348 e. The number of benzene rings is 1. The summed E-state index contributed by atoms with van der Waals surface area (Å²) in [5.41, 5.74) is 8.01. The molecule has 0 heterocycles. The first-order valence-corrected chi connectivity index (χ1v) is 7.47. The molecular formula is C17H27ClN2O. The maximum atomic E-state index is 12.4. The molecule has 0 saturated heterocycles. The summed E-state index contributed by atoms with van der Waals surface area (Å²) in [4.78, 5) is 12.4. The van der Waals surface area contributed by atoms with Crippen LogP contribution < -0.4 is 11.1 Å². The maximum Gasteiger partial charge on any atom is 0.240 e. The van der Waals surface area contributed by atoms with Crippen molar-refractivity contribution in [3.63, 3.8) is 0 Å². The summed E-state index contributed by atoms with van der Waals surface area (Å²) >= 11 is 0. The second-order valence-corrected chi connectivity index (χ2v) is 6.87. The van der Waals surface area contributed by atoms with Crippen molar-refractivity contribution in [2.45, 2.75) is 64.0 Å². The van der Waals surface area contributed by atoms with Crippen LogP contribution in [0.3, 0.4) is 0 Å². The lowest BCUT2D eigenvalue weighted by Gasteiger charge is -2.26. The minimum absolute atomic E-state index is 0. The molecular weight excluding hydrogens is 284 g/mol. The third-order valence-corrected chi connectivity index (χ3v) is 4.37. The summed E-state index contributed by atoms with van der Waals surface area (Å²) in [7, 11) is 0. The normalized spacial score (nSPS) is 21.9. The van der Waals surface area contributed by atoms with Crippen molar-refractivity contribution in [3.05, 3.63) is 35.4 Å². The van der Waals surface area contributed by atoms with Gasteiger partial charge in [-0.1, -0.05) is 51.5 Å². The van der Waals surface area contributed by atoms with Gasteiger partial charge in [-0.05, 0) is 36.3 Å². The molecule has 1 amide bonds. The van der Waals surface area contributed by atoms with Crippen molar-refractivity contribution < 1.29 is 4.79 Å². The molecule has 21 heavy (non-hydrogen) atoms. The minimum Gasteiger partial charge on any atom is -0.348 e. The highest BCUT2D eigenvalue weighted by atomic mass is 35.5. The third-order valence-electron chi connectivity index (χ3n) is 4.37. The van der Waals surface area contributed by atoms with E-state index in [0.29, 0.717) is 6.42 Å². The maximum absolute atomic E-state index is 12.4. The van der Waals surface area contributed by atoms with Crippen molar-refractivity contribution in [1.29, 1.82) is 0 Å². The molecule has 0 spiro atoms. The summed E-state index contributed by atoms with van der Waals surface area (Å²) in [5.74, 6) is -0.0446. The number of nitrogens with one attached hydrogen (secondary N) is 1. The van der Waals surface area contributed by atoms with Gasteiger partial charge in [-0.2, -0.15) is 0 Å². The van der Waals surface area contributed by atoms with Crippen molar-refractivity contribution in [2.75, 3.05) is 0 Å². The van der Waals surface area contributed by atoms with Gasteiger partial charge >= 0.3 is 0 Å². The van der Waals surface area contributed by atoms with Crippen LogP contribution in [0.5, 0.6) is 0 Å². The standard InChI is InChI=1S/C17H26N2O.ClH/c1-5-10-17(4,18)15(20)19-14-11-16(2,3)13-9-7-6-8-12(13)14;/h6-9,14H,5,10-11,18H2,1-4H3,(H,19,20);1H. The summed E-state index contributed by atoms with van der Waals surface area (Å²) in [6.07, 6.45) is 2.55. The Morgan fingerprint density at radius 3 is 2.67 bits per heavy atom. The van der Waals surface area contributed by atoms with Gasteiger partial charge in [0.2, 0.25) is 5.91 Å². The molecule has 0 fully saturated rings. The molecule has 1 aromatic carbocycles. The first-order chi connectivity index (χ1) is 9.28. The van der Waals surface area contributed by atoms with E-state index in [1.165, 1.54) is 11.1 Å². The van der Waals surface area contributed by atoms with Crippen molar-refractivity contribution >= 4 is 18.3 Å². The number of rotatable bonds is 4. The number of carbonyl (C=O) groups excluding carboxylic acids is 1. The summed E-state index contributed by atoms with van der Waals surface area (Å²) in [6, 6.07) is 8.45. The van der Waals surface area contributed by atoms with E-state index in [9.17, 15) is 4.79 Å². The van der Waals surface area contributed by atoms with Crippen LogP contribution in [0, 0.1) is 0 Å². The predicted octanol–water partition coefficient (Wildman–Crippen LogP) is 3.46. The zero-order valence-corrected chi connectivity index (χ0v) is 14.2. The van der Waals surface area contributed by atoms with Crippen molar-refractivity contribution in [2.24, 2.45) is 5.73 Å². The van der Waals surface area contributed by atoms with Crippen molar-refractivity contribution in [3.8, 4) is 0 Å². The second kappa shape index (κ2) is 6.37. The first-order valence-electron chi connectivity index (χ1n) is 7.47. The van der Waals surface area contributed by atoms with E-state index >= 15 is 0 Å². The molecule has 1 aliphatic rings. The highest BCUT2D eigenvalue weighted by molar-refractivity contribution is 5.86. The smallest absolute Gasteiger partial charge is 0.240 e. The van der Waals surface area contributed by atoms with E-state index in [4.69, 9.17) is 5.73 Å². The minimum atomic E-state index is -0.781. The molecule has 0 radical (unpaired) electrons. The highest BCUT2D eigenvalue weighted by Crippen LogP contribution is 2.44. The fourth-order valence-electron chi connectivity index (χ4n) is 3.23. The van der Waals surface area contributed by atoms with Gasteiger partial charge in [0.15, 0.2) is 0 Å². The van der Waals surface area contributed by atoms with Crippen LogP contribution in [0.25, 0.3) is 0 Å². The van der Waals surface area contributed by atoms with Gasteiger partial charge in [0.1, 0.15) is 0 Å². The monoisotopic (exact) mass is 310 g/mol. The number of amides is 1. The van der Waals surface area contributed by atoms with Crippen LogP contribution in [0.2, 0.25) is 0 Å². The second-order valence-electron chi connectivity index (χ2n) is 6.87. The number of carbonyl (C=O) groups is 1. The lowest BCUT2D eigenvalue weighted by atomic mass is 9.86. The first kappa shape index (κ1) is 18.0. The third kappa shape index (κ3) is 3.58. The number of halogens is 1. The van der Waals surface area contributed by atoms with Crippen LogP contribution in [0.1, 0.15) is 64.1 Å². The van der Waals surface area contributed by atoms with Gasteiger partial charge in [-0.25, -0.2) is 0 Å². The number of hydrogen-bond acceptors (Lipinski definition) is 2. The SMILES string of the molecule is CCCC(C)(N)C(=O)NC1CC(C)(C)c2ccccc21.Cl. The van der Waals surface area contributed by atoms with E-state index in [2.05, 4.69) is 37.4 Å². The van der Waals surface area contributed by atoms with Gasteiger partial charge in [-0.15, -0.1) is 12.4 Å². The lowest BCUT2D eigenvalue weighted by molar-refractivity contribution is -0.126. The molecule has 0 aromatic heterocycles. The number of hydrogen-bond donors (Lipinski definition) is 2. The molecule has 4 heteroatoms. The summed E-state index contributed by atoms with van der Waals surface area (Å²) in [5, 5.41) is 3.15. The highest BCUT2D eigenvalue weighted by Gasteiger charge is 2.39. The Morgan fingerprint density at radius 2 is 2.05 bits per heavy atom. The van der Waals surface area contributed by atoms with Crippen LogP contribution in [-0.4, -0.2) is 11.4 Å². The summed E-state index contributed by atoms with van der Waals surface area (Å²) < 4.78 is 0. The Hall–Kier alpha value is -1.06. The van der Waals surface area contributed by atoms with Gasteiger partial charge in [0.25, 0.3) is 0 Å². The fraction of sp³-hybridized carbons (Fsp3) is 0.588. The molecule has 0 bridgehead atoms. The van der Waals surface area contributed by atoms with E-state index in [-0.39, 0.29) is 29.8 Å². The number of fused-ring (bicyclic) bond motifs is 1. The van der Waals surface area contributed by atoms with E-state index in [0.717, 1.165) is 12.8 Å². The van der Waals surface area contributed by atoms with Crippen molar-refractivity contribution in [1.82, 2.24) is 5.32 Å². The Balaban J connectivity index is 0.00000220. The molecule has 2 unspecified atom stereocenters. The zero-order chi connectivity index (χ0) is 15.0. The average molecular weight is 311 g/mol. The van der Waals surface area contributed by atoms with Crippen LogP contribution in [0.15, 0.2) is 24.3 Å². The van der Waals surface area contributed by atoms with Crippen LogP contribution in [0.4, 0.5) is 0 Å². The molecule has 0 saturated carbocycles. The predicted molar refractivity (Wildman–Crippen MR) is 89.7 cm³/mol. The topological polar surface area (TPSA) is 55.1 Å². The average Bonchev–Trinajstić information content (AvgIpc) is 2.62. The van der Waals surface area contributed by atoms with Gasteiger partial charge in [-0.3, -0.25) is 4.79 Å². The van der Waals surface area contributed by atoms with E-state index < -0.39 is 5.54 Å². The van der Waals surface area contributed by atoms with Crippen LogP contribution in [-0.2, 0) is 10.2 Å². The zero-order valence-electron chi connectivity index (χ0n) is 13.4. The Labute approximate surface area is 134 Å². The Kier molecular flexibility index (Phi) is 5.46. The van der Waals surface area contributed by atoms with E-state index in [1.54, 1.807) is 0 Å². The molecule has 2 atom stereocenters. The lowest BCUT2D eigenvalue weighted by Crippen LogP contribution is -2.52. The van der Waals surface area contributed by atoms with Crippen LogP contribution >= 0.6 is 12.4 Å². The van der Waals surface area contributed by atoms with Gasteiger partial charge in [0.05, 0.1) is 11.6 Å². The molecule has 1 aromatic rings. The Morgan fingerprint density at radius 1 is 1.43 bits per heavy atom. The fourth-order valence-corrected chi connectivity index (χ4v) is 3.23. The summed E-state index contributed by atoms with van der Waals surface area (Å²) in [6.45, 7) is 8.32. The molecule has 118 valence electrons. The molecule has 2 rings (SSSR count). The number of nitrogens with two attached hydrogens (primary N) is 1. The Bertz CT molecular complexity index is 511. The molecule has 0 aliphatic heterocycles. The quantitative estimate of drug-likeness (QED) is 0.894. The molecule has 1 aliphatic carbocycles. The molecule has 3 N–H and O–H groups in total. The molecule has 3 nitrogen and oxygen atoms in total.